The van der Waals surface area contributed by atoms with Crippen LogP contribution >= 0.6 is 11.8 Å². The van der Waals surface area contributed by atoms with E-state index in [9.17, 15) is 18.0 Å². The number of alkyl halides is 3. The fourth-order valence-electron chi connectivity index (χ4n) is 2.75. The molecule has 3 aromatic rings. The van der Waals surface area contributed by atoms with Gasteiger partial charge in [0.15, 0.2) is 16.8 Å². The van der Waals surface area contributed by atoms with Gasteiger partial charge in [0.2, 0.25) is 5.82 Å². The van der Waals surface area contributed by atoms with E-state index in [1.807, 2.05) is 6.92 Å². The van der Waals surface area contributed by atoms with Crippen LogP contribution in [0.4, 0.5) is 13.2 Å². The minimum atomic E-state index is -4.59. The lowest BCUT2D eigenvalue weighted by molar-refractivity contribution is -0.147. The summed E-state index contributed by atoms with van der Waals surface area (Å²) in [5, 5.41) is 10.6. The Kier molecular flexibility index (Phi) is 4.89. The van der Waals surface area contributed by atoms with E-state index in [0.717, 1.165) is 22.0 Å². The van der Waals surface area contributed by atoms with Crippen molar-refractivity contribution < 1.29 is 22.5 Å². The Morgan fingerprint density at radius 3 is 2.48 bits per heavy atom. The second-order valence-electron chi connectivity index (χ2n) is 5.99. The molecule has 0 saturated carbocycles. The van der Waals surface area contributed by atoms with E-state index < -0.39 is 12.0 Å². The molecule has 144 valence electrons. The van der Waals surface area contributed by atoms with Crippen LogP contribution in [0.15, 0.2) is 21.8 Å². The Bertz CT molecular complexity index is 1000. The number of aromatic nitrogens is 5. The molecule has 3 aromatic heterocycles. The first-order valence-corrected chi connectivity index (χ1v) is 8.83. The molecule has 0 amide bonds. The largest absolute Gasteiger partial charge is 0.451 e. The van der Waals surface area contributed by atoms with Gasteiger partial charge in [0.1, 0.15) is 5.76 Å². The number of nitrogens with zero attached hydrogens (tertiary/aromatic N) is 5. The van der Waals surface area contributed by atoms with Crippen LogP contribution in [0, 0.1) is 20.8 Å². The fraction of sp³-hybridized carbons (Fsp3) is 0.375. The van der Waals surface area contributed by atoms with Crippen molar-refractivity contribution in [1.82, 2.24) is 24.5 Å². The van der Waals surface area contributed by atoms with E-state index in [1.54, 1.807) is 30.5 Å². The van der Waals surface area contributed by atoms with Crippen LogP contribution in [0.1, 0.15) is 33.3 Å². The van der Waals surface area contributed by atoms with Gasteiger partial charge in [-0.1, -0.05) is 16.9 Å². The number of rotatable bonds is 5. The first kappa shape index (κ1) is 19.2. The van der Waals surface area contributed by atoms with Crippen LogP contribution in [-0.4, -0.2) is 36.0 Å². The molecule has 0 spiro atoms. The van der Waals surface area contributed by atoms with Crippen molar-refractivity contribution in [3.8, 4) is 5.82 Å². The zero-order valence-electron chi connectivity index (χ0n) is 15.0. The maximum atomic E-state index is 12.8. The molecule has 0 fully saturated rings. The molecule has 0 aromatic carbocycles. The normalized spacial score (nSPS) is 12.0. The summed E-state index contributed by atoms with van der Waals surface area (Å²) < 4.78 is 46.0. The van der Waals surface area contributed by atoms with Gasteiger partial charge in [0, 0.05) is 30.1 Å². The third-order valence-corrected chi connectivity index (χ3v) is 5.02. The lowest BCUT2D eigenvalue weighted by Crippen LogP contribution is -2.13. The van der Waals surface area contributed by atoms with E-state index in [4.69, 9.17) is 4.52 Å². The van der Waals surface area contributed by atoms with Gasteiger partial charge in [-0.3, -0.25) is 9.36 Å². The van der Waals surface area contributed by atoms with Gasteiger partial charge >= 0.3 is 6.18 Å². The second-order valence-corrected chi connectivity index (χ2v) is 6.93. The molecular weight excluding hydrogens is 383 g/mol. The maximum Gasteiger partial charge on any atom is 0.451 e. The van der Waals surface area contributed by atoms with Gasteiger partial charge < -0.3 is 9.09 Å². The Morgan fingerprint density at radius 2 is 1.93 bits per heavy atom. The molecule has 0 aliphatic carbocycles. The van der Waals surface area contributed by atoms with E-state index >= 15 is 0 Å². The number of carbonyl (C=O) groups is 1. The zero-order chi connectivity index (χ0) is 19.9. The molecular formula is C16H16F3N5O2S. The highest BCUT2D eigenvalue weighted by atomic mass is 32.2. The van der Waals surface area contributed by atoms with E-state index in [0.29, 0.717) is 22.8 Å². The molecule has 11 heteroatoms. The van der Waals surface area contributed by atoms with Crippen LogP contribution in [0.25, 0.3) is 5.82 Å². The van der Waals surface area contributed by atoms with Gasteiger partial charge in [-0.2, -0.15) is 13.2 Å². The van der Waals surface area contributed by atoms with Gasteiger partial charge in [0.25, 0.3) is 0 Å². The topological polar surface area (TPSA) is 78.7 Å². The van der Waals surface area contributed by atoms with Crippen molar-refractivity contribution in [2.45, 2.75) is 32.1 Å². The smallest absolute Gasteiger partial charge is 0.360 e. The van der Waals surface area contributed by atoms with Crippen molar-refractivity contribution in [1.29, 1.82) is 0 Å². The predicted octanol–water partition coefficient (Wildman–Crippen LogP) is 3.51. The highest BCUT2D eigenvalue weighted by Crippen LogP contribution is 2.30. The number of Topliss-reactive ketones (excluding diaryl/α,β-unsaturated/α-hetero) is 1. The third-order valence-electron chi connectivity index (χ3n) is 4.00. The fourth-order valence-corrected chi connectivity index (χ4v) is 3.55. The summed E-state index contributed by atoms with van der Waals surface area (Å²) in [6.07, 6.45) is -4.59. The maximum absolute atomic E-state index is 12.8. The highest BCUT2D eigenvalue weighted by molar-refractivity contribution is 7.99. The molecule has 0 radical (unpaired) electrons. The standard InChI is InChI=1S/C16H16F3N5O2S/c1-8-5-11(10(3)24(8)13-6-9(2)26-22-13)12(25)7-27-15-21-20-14(23(15)4)16(17,18)19/h5-6H,7H2,1-4H3. The number of halogens is 3. The molecule has 3 rings (SSSR count). The van der Waals surface area contributed by atoms with Crippen molar-refractivity contribution in [2.75, 3.05) is 5.75 Å². The predicted molar refractivity (Wildman–Crippen MR) is 91.1 cm³/mol. The Morgan fingerprint density at radius 1 is 1.22 bits per heavy atom. The van der Waals surface area contributed by atoms with Crippen LogP contribution in [-0.2, 0) is 13.2 Å². The molecule has 0 atom stereocenters. The molecule has 0 saturated heterocycles. The quantitative estimate of drug-likeness (QED) is 0.483. The van der Waals surface area contributed by atoms with E-state index in [2.05, 4.69) is 15.4 Å². The third kappa shape index (κ3) is 3.64. The lowest BCUT2D eigenvalue weighted by Gasteiger charge is -2.06. The van der Waals surface area contributed by atoms with Crippen LogP contribution in [0.3, 0.4) is 0 Å². The summed E-state index contributed by atoms with van der Waals surface area (Å²) in [5.74, 6) is -0.180. The van der Waals surface area contributed by atoms with Crippen molar-refractivity contribution in [2.24, 2.45) is 7.05 Å². The average Bonchev–Trinajstić information content (AvgIpc) is 3.23. The number of ketones is 1. The second kappa shape index (κ2) is 6.87. The van der Waals surface area contributed by atoms with Crippen LogP contribution < -0.4 is 0 Å². The summed E-state index contributed by atoms with van der Waals surface area (Å²) in [6, 6.07) is 3.47. The molecule has 3 heterocycles. The van der Waals surface area contributed by atoms with Gasteiger partial charge in [-0.05, 0) is 26.8 Å². The number of thioether (sulfide) groups is 1. The number of carbonyl (C=O) groups excluding carboxylic acids is 1. The Labute approximate surface area is 156 Å². The summed E-state index contributed by atoms with van der Waals surface area (Å²) in [7, 11) is 1.22. The summed E-state index contributed by atoms with van der Waals surface area (Å²) in [5.41, 5.74) is 1.95. The monoisotopic (exact) mass is 399 g/mol. The molecule has 0 unspecified atom stereocenters. The van der Waals surface area contributed by atoms with Crippen LogP contribution in [0.2, 0.25) is 0 Å². The van der Waals surface area contributed by atoms with Gasteiger partial charge in [-0.15, -0.1) is 10.2 Å². The van der Waals surface area contributed by atoms with E-state index in [1.165, 1.54) is 7.05 Å². The molecule has 0 aliphatic rings. The number of aryl methyl sites for hydroxylation is 2. The first-order chi connectivity index (χ1) is 12.6. The Balaban J connectivity index is 1.79. The average molecular weight is 399 g/mol. The molecule has 27 heavy (non-hydrogen) atoms. The minimum Gasteiger partial charge on any atom is -0.360 e. The van der Waals surface area contributed by atoms with Crippen LogP contribution in [0.5, 0.6) is 0 Å². The zero-order valence-corrected chi connectivity index (χ0v) is 15.8. The number of hydrogen-bond acceptors (Lipinski definition) is 6. The van der Waals surface area contributed by atoms with Crippen molar-refractivity contribution in [3.63, 3.8) is 0 Å². The first-order valence-electron chi connectivity index (χ1n) is 7.84. The lowest BCUT2D eigenvalue weighted by atomic mass is 10.2. The van der Waals surface area contributed by atoms with Gasteiger partial charge in [-0.25, -0.2) is 0 Å². The summed E-state index contributed by atoms with van der Waals surface area (Å²) >= 11 is 0.907. The number of hydrogen-bond donors (Lipinski definition) is 0. The highest BCUT2D eigenvalue weighted by Gasteiger charge is 2.37. The van der Waals surface area contributed by atoms with Crippen molar-refractivity contribution >= 4 is 17.5 Å². The molecule has 0 aliphatic heterocycles. The molecule has 7 nitrogen and oxygen atoms in total. The summed E-state index contributed by atoms with van der Waals surface area (Å²) in [6.45, 7) is 5.38. The van der Waals surface area contributed by atoms with Crippen molar-refractivity contribution in [3.05, 3.63) is 40.7 Å². The SMILES string of the molecule is Cc1cc(-n2c(C)cc(C(=O)CSc3nnc(C(F)(F)F)n3C)c2C)no1. The Hall–Kier alpha value is -2.56. The van der Waals surface area contributed by atoms with E-state index in [-0.39, 0.29) is 16.7 Å². The van der Waals surface area contributed by atoms with Gasteiger partial charge in [0.05, 0.1) is 5.75 Å². The molecule has 0 N–H and O–H groups in total. The minimum absolute atomic E-state index is 0.0246. The molecule has 0 bridgehead atoms. The summed E-state index contributed by atoms with van der Waals surface area (Å²) in [4.78, 5) is 12.6.